The van der Waals surface area contributed by atoms with Crippen LogP contribution in [0.5, 0.6) is 0 Å². The van der Waals surface area contributed by atoms with Gasteiger partial charge in [0.25, 0.3) is 0 Å². The van der Waals surface area contributed by atoms with Gasteiger partial charge in [-0.15, -0.1) is 0 Å². The minimum Gasteiger partial charge on any atom is -0.462 e. The monoisotopic (exact) mass is 1150 g/mol. The molecule has 0 aromatic carbocycles. The van der Waals surface area contributed by atoms with Crippen LogP contribution in [0.3, 0.4) is 0 Å². The summed E-state index contributed by atoms with van der Waals surface area (Å²) in [6.07, 6.45) is 91.1. The highest BCUT2D eigenvalue weighted by Gasteiger charge is 2.19. The smallest absolute Gasteiger partial charge is 0.306 e. The highest BCUT2D eigenvalue weighted by Crippen LogP contribution is 2.18. The van der Waals surface area contributed by atoms with Crippen LogP contribution in [-0.4, -0.2) is 37.2 Å². The Hall–Kier alpha value is -2.89. The van der Waals surface area contributed by atoms with Crippen molar-refractivity contribution in [3.63, 3.8) is 0 Å². The zero-order valence-corrected chi connectivity index (χ0v) is 55.0. The Morgan fingerprint density at radius 2 is 0.439 bits per heavy atom. The fourth-order valence-corrected chi connectivity index (χ4v) is 10.7. The third kappa shape index (κ3) is 67.9. The molecule has 6 nitrogen and oxygen atoms in total. The van der Waals surface area contributed by atoms with Gasteiger partial charge < -0.3 is 14.2 Å². The number of hydrogen-bond acceptors (Lipinski definition) is 6. The molecule has 0 N–H and O–H groups in total. The molecule has 0 fully saturated rings. The third-order valence-electron chi connectivity index (χ3n) is 16.2. The van der Waals surface area contributed by atoms with E-state index in [1.165, 1.54) is 270 Å². The SMILES string of the molecule is CCCCCCC/C=C\C/C=C\C/C=C\CCCCCCCCCCCCCCCCCCC(=O)OCC(COC(=O)CCCCCCC/C=C\CCCCCCCC)OC(=O)CCCCCCCCC/C=C\CCCCCCCCC. The van der Waals surface area contributed by atoms with Crippen molar-refractivity contribution in [1.29, 1.82) is 0 Å². The number of hydrogen-bond donors (Lipinski definition) is 0. The average molecular weight is 1150 g/mol. The molecule has 0 aliphatic heterocycles. The molecule has 82 heavy (non-hydrogen) atoms. The molecule has 0 aliphatic rings. The van der Waals surface area contributed by atoms with Crippen LogP contribution >= 0.6 is 0 Å². The van der Waals surface area contributed by atoms with Gasteiger partial charge in [-0.1, -0.05) is 319 Å². The van der Waals surface area contributed by atoms with Crippen molar-refractivity contribution in [2.24, 2.45) is 0 Å². The maximum Gasteiger partial charge on any atom is 0.306 e. The molecule has 0 spiro atoms. The molecule has 0 saturated heterocycles. The molecule has 0 heterocycles. The predicted molar refractivity (Wildman–Crippen MR) is 358 cm³/mol. The number of unbranched alkanes of at least 4 members (excludes halogenated alkanes) is 46. The van der Waals surface area contributed by atoms with Gasteiger partial charge in [-0.2, -0.15) is 0 Å². The van der Waals surface area contributed by atoms with E-state index in [1.54, 1.807) is 0 Å². The molecule has 478 valence electrons. The summed E-state index contributed by atoms with van der Waals surface area (Å²) in [6, 6.07) is 0. The highest BCUT2D eigenvalue weighted by molar-refractivity contribution is 5.71. The number of ether oxygens (including phenoxy) is 3. The topological polar surface area (TPSA) is 78.9 Å². The Morgan fingerprint density at radius 3 is 0.695 bits per heavy atom. The molecule has 0 radical (unpaired) electrons. The zero-order valence-electron chi connectivity index (χ0n) is 55.0. The van der Waals surface area contributed by atoms with E-state index >= 15 is 0 Å². The van der Waals surface area contributed by atoms with E-state index in [-0.39, 0.29) is 31.1 Å². The first-order valence-corrected chi connectivity index (χ1v) is 36.3. The summed E-state index contributed by atoms with van der Waals surface area (Å²) in [7, 11) is 0. The molecule has 1 unspecified atom stereocenters. The standard InChI is InChI=1S/C76H138O6/c1-4-7-10-13-16-19-22-25-28-30-32-33-34-35-36-37-38-39-40-41-42-43-44-46-48-51-54-57-60-63-66-69-75(78)81-72-73(71-80-74(77)68-65-62-59-56-53-50-47-27-24-21-18-15-12-9-6-3)82-76(79)70-67-64-61-58-55-52-49-45-31-29-26-23-20-17-14-11-8-5-2/h22,25,27,29-32,34-35,47,73H,4-21,23-24,26,28,33,36-46,48-72H2,1-3H3/b25-22-,31-29-,32-30-,35-34-,47-27-. The lowest BCUT2D eigenvalue weighted by molar-refractivity contribution is -0.167. The van der Waals surface area contributed by atoms with Crippen LogP contribution in [0.25, 0.3) is 0 Å². The van der Waals surface area contributed by atoms with E-state index in [0.29, 0.717) is 19.3 Å². The van der Waals surface area contributed by atoms with Gasteiger partial charge in [0.2, 0.25) is 0 Å². The third-order valence-corrected chi connectivity index (χ3v) is 16.2. The maximum absolute atomic E-state index is 12.9. The molecule has 0 bridgehead atoms. The second-order valence-electron chi connectivity index (χ2n) is 24.5. The molecule has 6 heteroatoms. The van der Waals surface area contributed by atoms with Crippen molar-refractivity contribution in [2.45, 2.75) is 393 Å². The van der Waals surface area contributed by atoms with Crippen molar-refractivity contribution >= 4 is 17.9 Å². The van der Waals surface area contributed by atoms with Crippen molar-refractivity contribution in [1.82, 2.24) is 0 Å². The van der Waals surface area contributed by atoms with E-state index in [0.717, 1.165) is 77.0 Å². The van der Waals surface area contributed by atoms with Crippen LogP contribution in [0.2, 0.25) is 0 Å². The molecule has 0 aromatic heterocycles. The summed E-state index contributed by atoms with van der Waals surface area (Å²) in [5.41, 5.74) is 0. The first-order chi connectivity index (χ1) is 40.5. The van der Waals surface area contributed by atoms with E-state index in [2.05, 4.69) is 81.5 Å². The molecular weight excluding hydrogens is 1010 g/mol. The number of allylic oxidation sites excluding steroid dienone is 10. The summed E-state index contributed by atoms with van der Waals surface area (Å²) >= 11 is 0. The molecule has 0 saturated carbocycles. The Kier molecular flexibility index (Phi) is 68.1. The summed E-state index contributed by atoms with van der Waals surface area (Å²) in [5.74, 6) is -0.865. The van der Waals surface area contributed by atoms with Gasteiger partial charge in [0, 0.05) is 19.3 Å². The Morgan fingerprint density at radius 1 is 0.244 bits per heavy atom. The Balaban J connectivity index is 4.22. The van der Waals surface area contributed by atoms with Gasteiger partial charge in [-0.3, -0.25) is 14.4 Å². The Labute approximate surface area is 510 Å². The van der Waals surface area contributed by atoms with Crippen molar-refractivity contribution in [2.75, 3.05) is 13.2 Å². The Bertz CT molecular complexity index is 1460. The number of carbonyl (C=O) groups excluding carboxylic acids is 3. The number of rotatable bonds is 67. The fraction of sp³-hybridized carbons (Fsp3) is 0.829. The van der Waals surface area contributed by atoms with Gasteiger partial charge in [0.05, 0.1) is 0 Å². The van der Waals surface area contributed by atoms with Crippen LogP contribution in [0.4, 0.5) is 0 Å². The first-order valence-electron chi connectivity index (χ1n) is 36.3. The molecular formula is C76H138O6. The summed E-state index contributed by atoms with van der Waals surface area (Å²) in [4.78, 5) is 38.4. The molecule has 1 atom stereocenters. The van der Waals surface area contributed by atoms with Gasteiger partial charge in [0.1, 0.15) is 13.2 Å². The van der Waals surface area contributed by atoms with Crippen molar-refractivity contribution < 1.29 is 28.6 Å². The second-order valence-corrected chi connectivity index (χ2v) is 24.5. The summed E-state index contributed by atoms with van der Waals surface area (Å²) in [5, 5.41) is 0. The number of esters is 3. The van der Waals surface area contributed by atoms with Gasteiger partial charge >= 0.3 is 17.9 Å². The first kappa shape index (κ1) is 79.1. The summed E-state index contributed by atoms with van der Waals surface area (Å²) < 4.78 is 17.0. The minimum atomic E-state index is -0.780. The van der Waals surface area contributed by atoms with Crippen LogP contribution in [0, 0.1) is 0 Å². The van der Waals surface area contributed by atoms with E-state index < -0.39 is 6.10 Å². The largest absolute Gasteiger partial charge is 0.462 e. The number of carbonyl (C=O) groups is 3. The van der Waals surface area contributed by atoms with Crippen molar-refractivity contribution in [3.8, 4) is 0 Å². The lowest BCUT2D eigenvalue weighted by Gasteiger charge is -2.18. The van der Waals surface area contributed by atoms with Gasteiger partial charge in [-0.05, 0) is 109 Å². The fourth-order valence-electron chi connectivity index (χ4n) is 10.7. The van der Waals surface area contributed by atoms with Crippen LogP contribution in [-0.2, 0) is 28.6 Å². The van der Waals surface area contributed by atoms with E-state index in [1.807, 2.05) is 0 Å². The summed E-state index contributed by atoms with van der Waals surface area (Å²) in [6.45, 7) is 6.67. The zero-order chi connectivity index (χ0) is 59.2. The predicted octanol–water partition coefficient (Wildman–Crippen LogP) is 25.1. The quantitative estimate of drug-likeness (QED) is 0.0261. The van der Waals surface area contributed by atoms with Crippen LogP contribution in [0.1, 0.15) is 387 Å². The lowest BCUT2D eigenvalue weighted by atomic mass is 10.0. The van der Waals surface area contributed by atoms with Gasteiger partial charge in [0.15, 0.2) is 6.10 Å². The van der Waals surface area contributed by atoms with Crippen LogP contribution in [0.15, 0.2) is 60.8 Å². The second kappa shape index (κ2) is 70.6. The molecule has 0 aromatic rings. The van der Waals surface area contributed by atoms with E-state index in [4.69, 9.17) is 14.2 Å². The van der Waals surface area contributed by atoms with Gasteiger partial charge in [-0.25, -0.2) is 0 Å². The lowest BCUT2D eigenvalue weighted by Crippen LogP contribution is -2.30. The average Bonchev–Trinajstić information content (AvgIpc) is 3.47. The highest BCUT2D eigenvalue weighted by atomic mass is 16.6. The molecule has 0 amide bonds. The minimum absolute atomic E-state index is 0.0750. The van der Waals surface area contributed by atoms with E-state index in [9.17, 15) is 14.4 Å². The van der Waals surface area contributed by atoms with Crippen LogP contribution < -0.4 is 0 Å². The normalized spacial score (nSPS) is 12.4. The molecule has 0 rings (SSSR count). The van der Waals surface area contributed by atoms with Crippen molar-refractivity contribution in [3.05, 3.63) is 60.8 Å². The maximum atomic E-state index is 12.9. The molecule has 0 aliphatic carbocycles.